The predicted octanol–water partition coefficient (Wildman–Crippen LogP) is 15.8. The van der Waals surface area contributed by atoms with E-state index in [1.54, 1.807) is 0 Å². The van der Waals surface area contributed by atoms with Crippen LogP contribution in [-0.2, 0) is 14.3 Å². The molecule has 9 atom stereocenters. The fourth-order valence-electron chi connectivity index (χ4n) is 10.9. The molecule has 11 heteroatoms. The van der Waals surface area contributed by atoms with E-state index in [0.29, 0.717) is 12.8 Å². The Morgan fingerprint density at radius 1 is 0.443 bits per heavy atom. The molecule has 79 heavy (non-hydrogen) atoms. The molecule has 1 rings (SSSR count). The zero-order valence-electron chi connectivity index (χ0n) is 51.4. The molecule has 0 bridgehead atoms. The van der Waals surface area contributed by atoms with Crippen LogP contribution in [0.3, 0.4) is 0 Å². The lowest BCUT2D eigenvalue weighted by molar-refractivity contribution is -0.303. The van der Waals surface area contributed by atoms with E-state index in [9.17, 15) is 40.5 Å². The fourth-order valence-corrected chi connectivity index (χ4v) is 10.9. The third kappa shape index (κ3) is 44.5. The highest BCUT2D eigenvalue weighted by molar-refractivity contribution is 5.80. The van der Waals surface area contributed by atoms with Gasteiger partial charge in [-0.15, -0.1) is 0 Å². The molecule has 1 aliphatic heterocycles. The molecule has 11 nitrogen and oxygen atoms in total. The maximum atomic E-state index is 13.2. The molecule has 0 aliphatic carbocycles. The van der Waals surface area contributed by atoms with Gasteiger partial charge in [-0.25, -0.2) is 0 Å². The highest BCUT2D eigenvalue weighted by Crippen LogP contribution is 2.24. The Balaban J connectivity index is 2.16. The van der Waals surface area contributed by atoms with Gasteiger partial charge in [0.25, 0.3) is 0 Å². The quantitative estimate of drug-likeness (QED) is 0.0215. The number of amides is 1. The molecule has 0 aromatic heterocycles. The Hall–Kier alpha value is -1.67. The maximum Gasteiger partial charge on any atom is 0.249 e. The minimum absolute atomic E-state index is 0.255. The predicted molar refractivity (Wildman–Crippen MR) is 330 cm³/mol. The lowest BCUT2D eigenvalue weighted by Gasteiger charge is -2.40. The van der Waals surface area contributed by atoms with Crippen LogP contribution in [0.15, 0.2) is 36.5 Å². The lowest BCUT2D eigenvalue weighted by Crippen LogP contribution is -2.60. The largest absolute Gasteiger partial charge is 0.394 e. The van der Waals surface area contributed by atoms with Crippen LogP contribution in [0.1, 0.15) is 322 Å². The molecule has 1 fully saturated rings. The molecule has 0 radical (unpaired) electrons. The summed E-state index contributed by atoms with van der Waals surface area (Å²) >= 11 is 0. The third-order valence-corrected chi connectivity index (χ3v) is 16.4. The monoisotopic (exact) mass is 1120 g/mol. The fraction of sp³-hybridized carbons (Fsp3) is 0.897. The molecule has 1 amide bonds. The average Bonchev–Trinajstić information content (AvgIpc) is 3.46. The molecule has 0 saturated carbocycles. The Labute approximate surface area is 486 Å². The van der Waals surface area contributed by atoms with E-state index < -0.39 is 74.2 Å². The van der Waals surface area contributed by atoms with Crippen molar-refractivity contribution in [2.75, 3.05) is 13.2 Å². The van der Waals surface area contributed by atoms with Crippen LogP contribution in [0.4, 0.5) is 0 Å². The highest BCUT2D eigenvalue weighted by atomic mass is 16.7. The SMILES string of the molecule is CCCCCCCCCCCCC/C=C/CCCC(O)C(O)C(COC1OC(CO)C(O)C(O)C1O)NC(=O)C(O)CCCCCCCCCCCCCCCCCC/C=C\C/C=C\CCCCCCCCCCCCCCC. The van der Waals surface area contributed by atoms with Crippen LogP contribution in [0, 0.1) is 0 Å². The van der Waals surface area contributed by atoms with Crippen molar-refractivity contribution in [3.05, 3.63) is 36.5 Å². The first-order chi connectivity index (χ1) is 38.7. The van der Waals surface area contributed by atoms with Crippen molar-refractivity contribution < 1.29 is 50.0 Å². The first-order valence-electron chi connectivity index (χ1n) is 33.9. The molecule has 0 aromatic rings. The Kier molecular flexibility index (Phi) is 54.2. The number of allylic oxidation sites excluding steroid dienone is 6. The zero-order chi connectivity index (χ0) is 57.5. The van der Waals surface area contributed by atoms with Crippen LogP contribution in [-0.4, -0.2) is 110 Å². The summed E-state index contributed by atoms with van der Waals surface area (Å²) in [6, 6.07) is -1.18. The Morgan fingerprint density at radius 3 is 1.16 bits per heavy atom. The molecule has 1 aliphatic rings. The molecule has 0 spiro atoms. The highest BCUT2D eigenvalue weighted by Gasteiger charge is 2.44. The number of carbonyl (C=O) groups is 1. The summed E-state index contributed by atoms with van der Waals surface area (Å²) in [6.07, 6.45) is 61.0. The third-order valence-electron chi connectivity index (χ3n) is 16.4. The van der Waals surface area contributed by atoms with E-state index in [0.717, 1.165) is 44.9 Å². The molecule has 8 N–H and O–H groups in total. The van der Waals surface area contributed by atoms with Crippen molar-refractivity contribution in [2.45, 2.75) is 377 Å². The van der Waals surface area contributed by atoms with E-state index in [4.69, 9.17) is 9.47 Å². The van der Waals surface area contributed by atoms with Gasteiger partial charge in [0.1, 0.15) is 36.6 Å². The Morgan fingerprint density at radius 2 is 0.785 bits per heavy atom. The summed E-state index contributed by atoms with van der Waals surface area (Å²) < 4.78 is 11.2. The van der Waals surface area contributed by atoms with E-state index >= 15 is 0 Å². The number of hydrogen-bond acceptors (Lipinski definition) is 10. The number of aliphatic hydroxyl groups is 7. The van der Waals surface area contributed by atoms with Crippen molar-refractivity contribution in [1.29, 1.82) is 0 Å². The van der Waals surface area contributed by atoms with Gasteiger partial charge in [-0.3, -0.25) is 4.79 Å². The Bertz CT molecular complexity index is 1380. The van der Waals surface area contributed by atoms with Gasteiger partial charge in [-0.05, 0) is 70.6 Å². The minimum atomic E-state index is -1.67. The summed E-state index contributed by atoms with van der Waals surface area (Å²) in [6.45, 7) is 3.47. The molecule has 0 aromatic carbocycles. The zero-order valence-corrected chi connectivity index (χ0v) is 51.4. The van der Waals surface area contributed by atoms with E-state index in [1.165, 1.54) is 238 Å². The van der Waals surface area contributed by atoms with Gasteiger partial charge in [-0.2, -0.15) is 0 Å². The van der Waals surface area contributed by atoms with E-state index in [2.05, 4.69) is 55.6 Å². The van der Waals surface area contributed by atoms with E-state index in [-0.39, 0.29) is 12.8 Å². The topological polar surface area (TPSA) is 189 Å². The summed E-state index contributed by atoms with van der Waals surface area (Å²) in [4.78, 5) is 13.2. The van der Waals surface area contributed by atoms with Crippen LogP contribution in [0.25, 0.3) is 0 Å². The first kappa shape index (κ1) is 75.3. The number of hydrogen-bond donors (Lipinski definition) is 8. The number of aliphatic hydroxyl groups excluding tert-OH is 7. The second kappa shape index (κ2) is 56.8. The smallest absolute Gasteiger partial charge is 0.249 e. The van der Waals surface area contributed by atoms with Gasteiger partial charge >= 0.3 is 0 Å². The van der Waals surface area contributed by atoms with Crippen LogP contribution in [0.5, 0.6) is 0 Å². The maximum absolute atomic E-state index is 13.2. The molecule has 1 saturated heterocycles. The number of unbranched alkanes of at least 4 members (excludes halogenated alkanes) is 41. The average molecular weight is 1120 g/mol. The standard InChI is InChI=1S/C68H129NO10/c1-3-5-7-9-11-13-15-17-19-21-22-23-24-25-26-27-28-29-30-31-32-33-34-35-36-37-38-39-40-42-44-46-48-50-52-54-56-61(72)67(77)69-59(58-78-68-66(76)65(75)64(74)62(57-70)79-68)63(73)60(71)55-53-51-49-47-45-43-41-20-18-16-14-12-10-8-6-4-2/h26-27,29-30,47,49,59-66,68,70-76H,3-25,28,31-46,48,50-58H2,1-2H3,(H,69,77)/b27-26-,30-29-,49-47+. The second-order valence-corrected chi connectivity index (χ2v) is 23.9. The normalized spacial score (nSPS) is 19.5. The van der Waals surface area contributed by atoms with Crippen LogP contribution < -0.4 is 5.32 Å². The van der Waals surface area contributed by atoms with Crippen LogP contribution in [0.2, 0.25) is 0 Å². The number of rotatable bonds is 59. The van der Waals surface area contributed by atoms with Crippen molar-refractivity contribution in [3.8, 4) is 0 Å². The molecule has 466 valence electrons. The summed E-state index contributed by atoms with van der Waals surface area (Å²) in [5.41, 5.74) is 0. The van der Waals surface area contributed by atoms with Crippen molar-refractivity contribution in [2.24, 2.45) is 0 Å². The van der Waals surface area contributed by atoms with Crippen LogP contribution >= 0.6 is 0 Å². The van der Waals surface area contributed by atoms with Gasteiger partial charge in [0.15, 0.2) is 6.29 Å². The van der Waals surface area contributed by atoms with Gasteiger partial charge in [0.2, 0.25) is 5.91 Å². The molecular weight excluding hydrogens is 991 g/mol. The summed E-state index contributed by atoms with van der Waals surface area (Å²) in [7, 11) is 0. The molecule has 9 unspecified atom stereocenters. The van der Waals surface area contributed by atoms with Gasteiger partial charge in [0.05, 0.1) is 25.4 Å². The lowest BCUT2D eigenvalue weighted by atomic mass is 9.98. The van der Waals surface area contributed by atoms with Gasteiger partial charge < -0.3 is 50.5 Å². The minimum Gasteiger partial charge on any atom is -0.394 e. The second-order valence-electron chi connectivity index (χ2n) is 23.9. The summed E-state index contributed by atoms with van der Waals surface area (Å²) in [5, 5.41) is 76.3. The molecule has 1 heterocycles. The number of carbonyl (C=O) groups excluding carboxylic acids is 1. The van der Waals surface area contributed by atoms with Gasteiger partial charge in [0, 0.05) is 0 Å². The van der Waals surface area contributed by atoms with Crippen molar-refractivity contribution in [3.63, 3.8) is 0 Å². The van der Waals surface area contributed by atoms with Gasteiger partial charge in [-0.1, -0.05) is 288 Å². The van der Waals surface area contributed by atoms with Crippen molar-refractivity contribution in [1.82, 2.24) is 5.32 Å². The first-order valence-corrected chi connectivity index (χ1v) is 33.9. The van der Waals surface area contributed by atoms with E-state index in [1.807, 2.05) is 0 Å². The summed E-state index contributed by atoms with van der Waals surface area (Å²) in [5.74, 6) is -0.703. The number of nitrogens with one attached hydrogen (secondary N) is 1. The van der Waals surface area contributed by atoms with Crippen molar-refractivity contribution >= 4 is 5.91 Å². The number of ether oxygens (including phenoxy) is 2. The molecular formula is C68H129NO10.